The number of carbonyl (C=O) groups excluding carboxylic acids is 2. The molecule has 166 valence electrons. The van der Waals surface area contributed by atoms with E-state index in [4.69, 9.17) is 34.8 Å². The Morgan fingerprint density at radius 1 is 1.19 bits per heavy atom. The number of hydrogen-bond acceptors (Lipinski definition) is 4. The van der Waals surface area contributed by atoms with E-state index >= 15 is 0 Å². The number of nitrogens with one attached hydrogen (secondary N) is 1. The van der Waals surface area contributed by atoms with Crippen molar-refractivity contribution in [3.8, 4) is 5.82 Å². The van der Waals surface area contributed by atoms with E-state index in [-0.39, 0.29) is 33.4 Å². The van der Waals surface area contributed by atoms with Crippen molar-refractivity contribution in [3.05, 3.63) is 67.5 Å². The van der Waals surface area contributed by atoms with E-state index < -0.39 is 5.91 Å². The molecule has 0 unspecified atom stereocenters. The van der Waals surface area contributed by atoms with Crippen LogP contribution in [0, 0.1) is 0 Å². The van der Waals surface area contributed by atoms with Crippen LogP contribution in [0.5, 0.6) is 0 Å². The summed E-state index contributed by atoms with van der Waals surface area (Å²) in [5.41, 5.74) is 0.350. The van der Waals surface area contributed by atoms with Gasteiger partial charge in [-0.25, -0.2) is 9.67 Å². The Balaban J connectivity index is 1.76. The number of nitrogens with zero attached hydrogens (tertiary/aromatic N) is 4. The molecular formula is C21H17BrCl3N5O2. The first-order chi connectivity index (χ1) is 15.1. The van der Waals surface area contributed by atoms with Crippen LogP contribution >= 0.6 is 50.7 Å². The van der Waals surface area contributed by atoms with Crippen molar-refractivity contribution in [1.29, 1.82) is 0 Å². The van der Waals surface area contributed by atoms with Gasteiger partial charge in [-0.05, 0) is 60.0 Å². The normalized spacial score (nSPS) is 14.2. The maximum Gasteiger partial charge on any atom is 0.276 e. The van der Waals surface area contributed by atoms with E-state index in [1.165, 1.54) is 28.8 Å². The van der Waals surface area contributed by atoms with E-state index in [1.54, 1.807) is 24.4 Å². The Kier molecular flexibility index (Phi) is 6.24. The lowest BCUT2D eigenvalue weighted by Gasteiger charge is -2.23. The zero-order valence-electron chi connectivity index (χ0n) is 17.0. The van der Waals surface area contributed by atoms with Crippen LogP contribution in [0.15, 0.2) is 41.1 Å². The number of pyridine rings is 1. The van der Waals surface area contributed by atoms with E-state index in [1.807, 2.05) is 6.92 Å². The summed E-state index contributed by atoms with van der Waals surface area (Å²) >= 11 is 22.2. The molecule has 0 saturated heterocycles. The second kappa shape index (κ2) is 8.67. The molecule has 0 atom stereocenters. The minimum Gasteiger partial charge on any atom is -0.347 e. The van der Waals surface area contributed by atoms with Crippen LogP contribution in [0.2, 0.25) is 15.1 Å². The number of benzene rings is 1. The number of rotatable bonds is 5. The first-order valence-corrected chi connectivity index (χ1v) is 11.5. The van der Waals surface area contributed by atoms with Gasteiger partial charge >= 0.3 is 0 Å². The predicted octanol–water partition coefficient (Wildman–Crippen LogP) is 5.55. The molecule has 1 aliphatic carbocycles. The summed E-state index contributed by atoms with van der Waals surface area (Å²) in [6, 6.07) is 7.85. The van der Waals surface area contributed by atoms with Gasteiger partial charge in [-0.1, -0.05) is 34.8 Å². The SMILES string of the molecule is CN(C(=O)c1cc(Br)nn1-c1ncccc1Cl)c1c(Cl)cc(Cl)cc1C(=O)NC1(C)CC1. The van der Waals surface area contributed by atoms with E-state index in [9.17, 15) is 9.59 Å². The molecule has 4 rings (SSSR count). The average molecular weight is 558 g/mol. The van der Waals surface area contributed by atoms with Crippen LogP contribution in [0.4, 0.5) is 5.69 Å². The third kappa shape index (κ3) is 4.50. The average Bonchev–Trinajstić information content (AvgIpc) is 3.32. The molecule has 11 heteroatoms. The molecule has 0 spiro atoms. The topological polar surface area (TPSA) is 80.1 Å². The fraction of sp³-hybridized carbons (Fsp3) is 0.238. The molecule has 3 aromatic rings. The fourth-order valence-corrected chi connectivity index (χ4v) is 4.40. The van der Waals surface area contributed by atoms with Crippen LogP contribution in [-0.4, -0.2) is 39.2 Å². The number of amides is 2. The molecule has 0 aliphatic heterocycles. The number of anilines is 1. The zero-order valence-corrected chi connectivity index (χ0v) is 20.8. The molecule has 7 nitrogen and oxygen atoms in total. The van der Waals surface area contributed by atoms with E-state index in [2.05, 4.69) is 31.3 Å². The molecule has 1 fully saturated rings. The third-order valence-corrected chi connectivity index (χ3v) is 6.36. The quantitative estimate of drug-likeness (QED) is 0.446. The number of carbonyl (C=O) groups is 2. The zero-order chi connectivity index (χ0) is 23.2. The lowest BCUT2D eigenvalue weighted by atomic mass is 10.1. The van der Waals surface area contributed by atoms with Crippen LogP contribution in [0.1, 0.15) is 40.6 Å². The monoisotopic (exact) mass is 555 g/mol. The van der Waals surface area contributed by atoms with E-state index in [0.717, 1.165) is 12.8 Å². The van der Waals surface area contributed by atoms with Crippen molar-refractivity contribution in [3.63, 3.8) is 0 Å². The van der Waals surface area contributed by atoms with E-state index in [0.29, 0.717) is 20.5 Å². The standard InChI is InChI=1S/C21H17BrCl3N5O2/c1-21(5-6-21)27-19(31)12-8-11(23)9-14(25)17(12)29(2)20(32)15-10-16(22)28-30(15)18-13(24)4-3-7-26-18/h3-4,7-10H,5-6H2,1-2H3,(H,27,31). The second-order valence-electron chi connectivity index (χ2n) is 7.74. The molecule has 0 bridgehead atoms. The summed E-state index contributed by atoms with van der Waals surface area (Å²) in [4.78, 5) is 32.1. The van der Waals surface area contributed by atoms with Gasteiger partial charge < -0.3 is 10.2 Å². The van der Waals surface area contributed by atoms with Gasteiger partial charge in [0.2, 0.25) is 0 Å². The lowest BCUT2D eigenvalue weighted by Crippen LogP contribution is -2.36. The van der Waals surface area contributed by atoms with Gasteiger partial charge in [0.05, 0.1) is 21.3 Å². The molecule has 1 aromatic carbocycles. The van der Waals surface area contributed by atoms with Crippen molar-refractivity contribution in [2.24, 2.45) is 0 Å². The first-order valence-electron chi connectivity index (χ1n) is 9.56. The van der Waals surface area contributed by atoms with Gasteiger partial charge in [0, 0.05) is 29.9 Å². The van der Waals surface area contributed by atoms with Gasteiger partial charge in [0.25, 0.3) is 11.8 Å². The van der Waals surface area contributed by atoms with Gasteiger partial charge in [-0.15, -0.1) is 0 Å². The summed E-state index contributed by atoms with van der Waals surface area (Å²) in [6.45, 7) is 1.96. The van der Waals surface area contributed by atoms with Gasteiger partial charge in [0.15, 0.2) is 5.82 Å². The highest BCUT2D eigenvalue weighted by Gasteiger charge is 2.39. The third-order valence-electron chi connectivity index (χ3n) is 5.17. The predicted molar refractivity (Wildman–Crippen MR) is 128 cm³/mol. The van der Waals surface area contributed by atoms with Crippen molar-refractivity contribution < 1.29 is 9.59 Å². The highest BCUT2D eigenvalue weighted by molar-refractivity contribution is 9.10. The molecule has 1 N–H and O–H groups in total. The Hall–Kier alpha value is -2.13. The second-order valence-corrected chi connectivity index (χ2v) is 9.80. The van der Waals surface area contributed by atoms with Crippen LogP contribution < -0.4 is 10.2 Å². The summed E-state index contributed by atoms with van der Waals surface area (Å²) in [6.07, 6.45) is 3.32. The van der Waals surface area contributed by atoms with Crippen LogP contribution in [0.3, 0.4) is 0 Å². The largest absolute Gasteiger partial charge is 0.347 e. The van der Waals surface area contributed by atoms with Crippen molar-refractivity contribution in [2.75, 3.05) is 11.9 Å². The lowest BCUT2D eigenvalue weighted by molar-refractivity contribution is 0.0936. The molecule has 1 saturated carbocycles. The van der Waals surface area contributed by atoms with Crippen molar-refractivity contribution in [2.45, 2.75) is 25.3 Å². The molecule has 2 amide bonds. The molecule has 1 aliphatic rings. The molecule has 0 radical (unpaired) electrons. The highest BCUT2D eigenvalue weighted by atomic mass is 79.9. The fourth-order valence-electron chi connectivity index (χ4n) is 3.21. The maximum absolute atomic E-state index is 13.5. The minimum absolute atomic E-state index is 0.167. The number of hydrogen-bond donors (Lipinski definition) is 1. The molecule has 32 heavy (non-hydrogen) atoms. The summed E-state index contributed by atoms with van der Waals surface area (Å²) < 4.78 is 1.75. The number of halogens is 4. The Labute approximate surface area is 207 Å². The Morgan fingerprint density at radius 3 is 2.56 bits per heavy atom. The van der Waals surface area contributed by atoms with Crippen LogP contribution in [0.25, 0.3) is 5.82 Å². The minimum atomic E-state index is -0.471. The smallest absolute Gasteiger partial charge is 0.276 e. The van der Waals surface area contributed by atoms with Crippen molar-refractivity contribution >= 4 is 68.2 Å². The van der Waals surface area contributed by atoms with Crippen LogP contribution in [-0.2, 0) is 0 Å². The Bertz CT molecular complexity index is 1240. The maximum atomic E-state index is 13.5. The summed E-state index contributed by atoms with van der Waals surface area (Å²) in [5.74, 6) is -0.536. The number of aromatic nitrogens is 3. The van der Waals surface area contributed by atoms with Gasteiger partial charge in [-0.3, -0.25) is 9.59 Å². The van der Waals surface area contributed by atoms with Gasteiger partial charge in [0.1, 0.15) is 10.3 Å². The van der Waals surface area contributed by atoms with Gasteiger partial charge in [-0.2, -0.15) is 5.10 Å². The molecular weight excluding hydrogens is 541 g/mol. The molecule has 2 aromatic heterocycles. The highest BCUT2D eigenvalue weighted by Crippen LogP contribution is 2.37. The molecule has 2 heterocycles. The first kappa shape index (κ1) is 23.0. The Morgan fingerprint density at radius 2 is 1.91 bits per heavy atom. The summed E-state index contributed by atoms with van der Waals surface area (Å²) in [5, 5.41) is 8.05. The van der Waals surface area contributed by atoms with Crippen molar-refractivity contribution in [1.82, 2.24) is 20.1 Å². The summed E-state index contributed by atoms with van der Waals surface area (Å²) in [7, 11) is 1.53.